The second-order valence-electron chi connectivity index (χ2n) is 5.77. The number of benzene rings is 2. The third-order valence-corrected chi connectivity index (χ3v) is 4.66. The monoisotopic (exact) mass is 342 g/mol. The maximum Gasteiger partial charge on any atom is 0.200 e. The molecule has 1 nitrogen and oxygen atoms in total. The van der Waals surface area contributed by atoms with E-state index >= 15 is 0 Å². The molecule has 0 aliphatic heterocycles. The largest absolute Gasteiger partial charge is 0.288 e. The maximum atomic E-state index is 13.9. The van der Waals surface area contributed by atoms with Crippen molar-refractivity contribution in [3.05, 3.63) is 68.0 Å². The number of carbonyl (C=O) groups is 1. The summed E-state index contributed by atoms with van der Waals surface area (Å²) in [6.07, 6.45) is 0. The van der Waals surface area contributed by atoms with Gasteiger partial charge in [-0.15, -0.1) is 0 Å². The van der Waals surface area contributed by atoms with Gasteiger partial charge in [-0.05, 0) is 62.4 Å². The van der Waals surface area contributed by atoms with Gasteiger partial charge >= 0.3 is 0 Å². The summed E-state index contributed by atoms with van der Waals surface area (Å²) < 4.78 is 67.8. The summed E-state index contributed by atoms with van der Waals surface area (Å²) in [5.41, 5.74) is 1.78. The highest BCUT2D eigenvalue weighted by Gasteiger charge is 2.32. The normalized spacial score (nSPS) is 11.1. The summed E-state index contributed by atoms with van der Waals surface area (Å²) >= 11 is 0. The molecule has 0 saturated carbocycles. The van der Waals surface area contributed by atoms with Gasteiger partial charge < -0.3 is 0 Å². The van der Waals surface area contributed by atoms with Gasteiger partial charge in [-0.3, -0.25) is 4.79 Å². The van der Waals surface area contributed by atoms with E-state index in [2.05, 4.69) is 0 Å². The van der Waals surface area contributed by atoms with E-state index in [1.807, 2.05) is 6.92 Å². The van der Waals surface area contributed by atoms with E-state index < -0.39 is 40.4 Å². The van der Waals surface area contributed by atoms with E-state index in [4.69, 9.17) is 0 Å². The standard InChI is InChI=1S/C18H15F5O/c1-6-7(2)9(4)11(10(5)8(6)3)18(24)12-13(19)15(21)17(23)16(22)14(12)20/h1-5H3. The van der Waals surface area contributed by atoms with Crippen LogP contribution in [0.2, 0.25) is 0 Å². The second-order valence-corrected chi connectivity index (χ2v) is 5.77. The molecular weight excluding hydrogens is 327 g/mol. The molecule has 0 aliphatic rings. The predicted octanol–water partition coefficient (Wildman–Crippen LogP) is 5.16. The zero-order valence-corrected chi connectivity index (χ0v) is 13.8. The summed E-state index contributed by atoms with van der Waals surface area (Å²) in [7, 11) is 0. The third kappa shape index (κ3) is 2.41. The summed E-state index contributed by atoms with van der Waals surface area (Å²) in [6, 6.07) is 0. The molecule has 0 spiro atoms. The molecule has 128 valence electrons. The Labute approximate surface area is 136 Å². The lowest BCUT2D eigenvalue weighted by Gasteiger charge is -2.18. The molecule has 24 heavy (non-hydrogen) atoms. The molecule has 0 amide bonds. The van der Waals surface area contributed by atoms with Crippen molar-refractivity contribution in [1.82, 2.24) is 0 Å². The molecule has 0 fully saturated rings. The van der Waals surface area contributed by atoms with Crippen LogP contribution in [0.5, 0.6) is 0 Å². The van der Waals surface area contributed by atoms with Crippen LogP contribution in [-0.2, 0) is 0 Å². The van der Waals surface area contributed by atoms with Gasteiger partial charge in [-0.2, -0.15) is 0 Å². The van der Waals surface area contributed by atoms with Crippen LogP contribution in [0.4, 0.5) is 22.0 Å². The van der Waals surface area contributed by atoms with Crippen molar-refractivity contribution in [2.45, 2.75) is 34.6 Å². The van der Waals surface area contributed by atoms with Crippen LogP contribution in [0.3, 0.4) is 0 Å². The van der Waals surface area contributed by atoms with Crippen LogP contribution in [-0.4, -0.2) is 5.78 Å². The predicted molar refractivity (Wildman–Crippen MR) is 79.8 cm³/mol. The second kappa shape index (κ2) is 6.00. The minimum Gasteiger partial charge on any atom is -0.288 e. The molecule has 0 heterocycles. The lowest BCUT2D eigenvalue weighted by atomic mass is 9.86. The van der Waals surface area contributed by atoms with Crippen molar-refractivity contribution in [1.29, 1.82) is 0 Å². The molecule has 6 heteroatoms. The van der Waals surface area contributed by atoms with Gasteiger partial charge in [0, 0.05) is 5.56 Å². The molecule has 0 saturated heterocycles. The SMILES string of the molecule is Cc1c(C)c(C)c(C(=O)c2c(F)c(F)c(F)c(F)c2F)c(C)c1C. The van der Waals surface area contributed by atoms with Gasteiger partial charge in [-0.1, -0.05) is 0 Å². The van der Waals surface area contributed by atoms with Crippen molar-refractivity contribution in [2.75, 3.05) is 0 Å². The van der Waals surface area contributed by atoms with E-state index in [1.165, 1.54) is 0 Å². The van der Waals surface area contributed by atoms with Crippen molar-refractivity contribution in [3.8, 4) is 0 Å². The Kier molecular flexibility index (Phi) is 4.52. The quantitative estimate of drug-likeness (QED) is 0.319. The maximum absolute atomic E-state index is 13.9. The summed E-state index contributed by atoms with van der Waals surface area (Å²) in [5.74, 6) is -12.0. The van der Waals surface area contributed by atoms with Crippen LogP contribution in [0.25, 0.3) is 0 Å². The number of hydrogen-bond acceptors (Lipinski definition) is 1. The molecule has 0 radical (unpaired) electrons. The van der Waals surface area contributed by atoms with Crippen molar-refractivity contribution >= 4 is 5.78 Å². The molecule has 0 bridgehead atoms. The number of rotatable bonds is 2. The average Bonchev–Trinajstić information content (AvgIpc) is 2.55. The van der Waals surface area contributed by atoms with E-state index in [0.29, 0.717) is 11.1 Å². The topological polar surface area (TPSA) is 17.1 Å². The van der Waals surface area contributed by atoms with Crippen LogP contribution >= 0.6 is 0 Å². The van der Waals surface area contributed by atoms with Gasteiger partial charge in [0.25, 0.3) is 0 Å². The fourth-order valence-corrected chi connectivity index (χ4v) is 2.77. The first-order valence-corrected chi connectivity index (χ1v) is 7.15. The van der Waals surface area contributed by atoms with Crippen LogP contribution in [0.15, 0.2) is 0 Å². The summed E-state index contributed by atoms with van der Waals surface area (Å²) in [4.78, 5) is 12.6. The highest BCUT2D eigenvalue weighted by Crippen LogP contribution is 2.31. The molecule has 0 aromatic heterocycles. The highest BCUT2D eigenvalue weighted by molar-refractivity contribution is 6.11. The highest BCUT2D eigenvalue weighted by atomic mass is 19.2. The number of hydrogen-bond donors (Lipinski definition) is 0. The van der Waals surface area contributed by atoms with E-state index in [1.54, 1.807) is 27.7 Å². The zero-order valence-electron chi connectivity index (χ0n) is 13.8. The Hall–Kier alpha value is -2.24. The van der Waals surface area contributed by atoms with Crippen molar-refractivity contribution in [3.63, 3.8) is 0 Å². The van der Waals surface area contributed by atoms with E-state index in [0.717, 1.165) is 16.7 Å². The van der Waals surface area contributed by atoms with Crippen molar-refractivity contribution < 1.29 is 26.7 Å². The lowest BCUT2D eigenvalue weighted by Crippen LogP contribution is -2.17. The minimum absolute atomic E-state index is 0.0428. The van der Waals surface area contributed by atoms with Gasteiger partial charge in [0.15, 0.2) is 29.1 Å². The average molecular weight is 342 g/mol. The molecule has 2 rings (SSSR count). The van der Waals surface area contributed by atoms with Crippen molar-refractivity contribution in [2.24, 2.45) is 0 Å². The molecule has 2 aromatic carbocycles. The van der Waals surface area contributed by atoms with E-state index in [9.17, 15) is 26.7 Å². The third-order valence-electron chi connectivity index (χ3n) is 4.66. The Balaban J connectivity index is 2.87. The first kappa shape index (κ1) is 18.1. The van der Waals surface area contributed by atoms with Crippen LogP contribution in [0.1, 0.15) is 43.7 Å². The zero-order chi connectivity index (χ0) is 18.5. The summed E-state index contributed by atoms with van der Waals surface area (Å²) in [6.45, 7) is 8.44. The Morgan fingerprint density at radius 2 is 0.792 bits per heavy atom. The smallest absolute Gasteiger partial charge is 0.200 e. The fourth-order valence-electron chi connectivity index (χ4n) is 2.77. The van der Waals surface area contributed by atoms with Gasteiger partial charge in [0.05, 0.1) is 0 Å². The lowest BCUT2D eigenvalue weighted by molar-refractivity contribution is 0.102. The molecular formula is C18H15F5O. The summed E-state index contributed by atoms with van der Waals surface area (Å²) in [5, 5.41) is 0. The molecule has 0 N–H and O–H groups in total. The molecule has 0 aliphatic carbocycles. The Morgan fingerprint density at radius 3 is 1.17 bits per heavy atom. The Bertz CT molecular complexity index is 754. The van der Waals surface area contributed by atoms with E-state index in [-0.39, 0.29) is 5.56 Å². The fraction of sp³-hybridized carbons (Fsp3) is 0.278. The number of ketones is 1. The number of halogens is 5. The first-order valence-electron chi connectivity index (χ1n) is 7.15. The van der Waals surface area contributed by atoms with Gasteiger partial charge in [0.2, 0.25) is 5.82 Å². The molecule has 0 atom stereocenters. The number of carbonyl (C=O) groups excluding carboxylic acids is 1. The minimum atomic E-state index is -2.29. The first-order chi connectivity index (χ1) is 11.0. The Morgan fingerprint density at radius 1 is 0.500 bits per heavy atom. The molecule has 0 unspecified atom stereocenters. The van der Waals surface area contributed by atoms with Crippen LogP contribution < -0.4 is 0 Å². The van der Waals surface area contributed by atoms with Gasteiger partial charge in [0.1, 0.15) is 5.56 Å². The molecule has 2 aromatic rings. The van der Waals surface area contributed by atoms with Gasteiger partial charge in [-0.25, -0.2) is 22.0 Å². The van der Waals surface area contributed by atoms with Crippen LogP contribution in [0, 0.1) is 63.7 Å².